The van der Waals surface area contributed by atoms with Gasteiger partial charge in [-0.3, -0.25) is 0 Å². The van der Waals surface area contributed by atoms with Gasteiger partial charge in [-0.2, -0.15) is 0 Å². The van der Waals surface area contributed by atoms with Crippen molar-refractivity contribution in [1.29, 1.82) is 0 Å². The molecule has 0 fully saturated rings. The largest absolute Gasteiger partial charge is 0.348 e. The minimum atomic E-state index is 1.12. The molecule has 0 bridgehead atoms. The van der Waals surface area contributed by atoms with E-state index in [0.717, 1.165) is 6.54 Å². The topological polar surface area (TPSA) is 4.93 Å². The Balaban J connectivity index is 3.41. The van der Waals surface area contributed by atoms with Crippen LogP contribution in [0, 0.1) is 0 Å². The van der Waals surface area contributed by atoms with E-state index in [1.165, 1.54) is 25.7 Å². The smallest absolute Gasteiger partial charge is 0.0209 e. The second-order valence-electron chi connectivity index (χ2n) is 4.01. The van der Waals surface area contributed by atoms with E-state index in [1.54, 1.807) is 22.5 Å². The van der Waals surface area contributed by atoms with E-state index in [0.29, 0.717) is 0 Å². The number of aromatic nitrogens is 1. The van der Waals surface area contributed by atoms with Crippen LogP contribution in [0.3, 0.4) is 0 Å². The van der Waals surface area contributed by atoms with Crippen molar-refractivity contribution in [3.05, 3.63) is 22.5 Å². The Kier molecular flexibility index (Phi) is 4.44. The molecule has 1 nitrogen and oxygen atoms in total. The number of hydrogen-bond donors (Lipinski definition) is 0. The molecular formula is C14H25N. The van der Waals surface area contributed by atoms with E-state index in [1.807, 2.05) is 0 Å². The van der Waals surface area contributed by atoms with E-state index in [2.05, 4.69) is 39.2 Å². The summed E-state index contributed by atoms with van der Waals surface area (Å²) in [5, 5.41) is 0. The van der Waals surface area contributed by atoms with Crippen LogP contribution in [0.5, 0.6) is 0 Å². The van der Waals surface area contributed by atoms with Crippen LogP contribution in [0.4, 0.5) is 0 Å². The minimum Gasteiger partial charge on any atom is -0.348 e. The Morgan fingerprint density at radius 1 is 0.667 bits per heavy atom. The third-order valence-corrected chi connectivity index (χ3v) is 3.41. The van der Waals surface area contributed by atoms with Gasteiger partial charge in [-0.05, 0) is 43.7 Å². The summed E-state index contributed by atoms with van der Waals surface area (Å²) in [5.41, 5.74) is 6.40. The first-order valence-corrected chi connectivity index (χ1v) is 6.46. The summed E-state index contributed by atoms with van der Waals surface area (Å²) in [6.45, 7) is 12.5. The zero-order chi connectivity index (χ0) is 11.4. The highest BCUT2D eigenvalue weighted by Gasteiger charge is 2.16. The summed E-state index contributed by atoms with van der Waals surface area (Å²) in [6.07, 6.45) is 4.72. The molecule has 0 saturated carbocycles. The summed E-state index contributed by atoms with van der Waals surface area (Å²) in [6, 6.07) is 0. The summed E-state index contributed by atoms with van der Waals surface area (Å²) in [7, 11) is 0. The van der Waals surface area contributed by atoms with Gasteiger partial charge in [0.15, 0.2) is 0 Å². The normalized spacial score (nSPS) is 11.0. The Bertz CT molecular complexity index is 229. The highest BCUT2D eigenvalue weighted by Crippen LogP contribution is 2.25. The van der Waals surface area contributed by atoms with Crippen LogP contribution < -0.4 is 0 Å². The fraction of sp³-hybridized carbons (Fsp3) is 0.714. The second kappa shape index (κ2) is 5.39. The highest BCUT2D eigenvalue weighted by molar-refractivity contribution is 5.39. The molecule has 15 heavy (non-hydrogen) atoms. The Labute approximate surface area is 94.5 Å². The summed E-state index contributed by atoms with van der Waals surface area (Å²) in [4.78, 5) is 0. The minimum absolute atomic E-state index is 1.12. The Morgan fingerprint density at radius 2 is 1.07 bits per heavy atom. The molecule has 0 aliphatic carbocycles. The molecule has 0 amide bonds. The molecular weight excluding hydrogens is 182 g/mol. The Morgan fingerprint density at radius 3 is 1.27 bits per heavy atom. The molecule has 86 valence electrons. The number of hydrogen-bond acceptors (Lipinski definition) is 0. The summed E-state index contributed by atoms with van der Waals surface area (Å²) in [5.74, 6) is 0. The van der Waals surface area contributed by atoms with Crippen LogP contribution in [-0.2, 0) is 32.2 Å². The maximum atomic E-state index is 2.54. The lowest BCUT2D eigenvalue weighted by atomic mass is 10.0. The zero-order valence-electron chi connectivity index (χ0n) is 11.0. The third kappa shape index (κ3) is 1.97. The van der Waals surface area contributed by atoms with Crippen LogP contribution in [0.25, 0.3) is 0 Å². The molecule has 1 rings (SSSR count). The predicted octanol–water partition coefficient (Wildman–Crippen LogP) is 3.76. The molecule has 0 saturated heterocycles. The van der Waals surface area contributed by atoms with E-state index >= 15 is 0 Å². The van der Waals surface area contributed by atoms with Crippen LogP contribution in [0.2, 0.25) is 0 Å². The quantitative estimate of drug-likeness (QED) is 0.693. The van der Waals surface area contributed by atoms with Crippen molar-refractivity contribution in [2.45, 2.75) is 66.8 Å². The lowest BCUT2D eigenvalue weighted by Crippen LogP contribution is -2.04. The van der Waals surface area contributed by atoms with Crippen molar-refractivity contribution >= 4 is 0 Å². The molecule has 1 heteroatoms. The van der Waals surface area contributed by atoms with Gasteiger partial charge >= 0.3 is 0 Å². The van der Waals surface area contributed by atoms with Crippen molar-refractivity contribution in [3.8, 4) is 0 Å². The average molecular weight is 207 g/mol. The molecule has 1 aromatic rings. The van der Waals surface area contributed by atoms with Crippen molar-refractivity contribution in [1.82, 2.24) is 4.57 Å². The molecule has 0 aromatic carbocycles. The molecule has 0 atom stereocenters. The highest BCUT2D eigenvalue weighted by atomic mass is 15.0. The van der Waals surface area contributed by atoms with Crippen molar-refractivity contribution < 1.29 is 0 Å². The van der Waals surface area contributed by atoms with Gasteiger partial charge in [0.25, 0.3) is 0 Å². The van der Waals surface area contributed by atoms with Crippen molar-refractivity contribution in [3.63, 3.8) is 0 Å². The van der Waals surface area contributed by atoms with E-state index < -0.39 is 0 Å². The first kappa shape index (κ1) is 12.4. The molecule has 0 unspecified atom stereocenters. The van der Waals surface area contributed by atoms with Crippen LogP contribution >= 0.6 is 0 Å². The summed E-state index contributed by atoms with van der Waals surface area (Å²) < 4.78 is 2.54. The van der Waals surface area contributed by atoms with Crippen LogP contribution in [0.1, 0.15) is 57.1 Å². The van der Waals surface area contributed by atoms with Gasteiger partial charge in [0, 0.05) is 17.9 Å². The van der Waals surface area contributed by atoms with Crippen LogP contribution in [0.15, 0.2) is 0 Å². The molecule has 0 aliphatic heterocycles. The standard InChI is InChI=1S/C14H25N/c1-6-11-12(7-2)14(9-4)15(10-5)13(11)8-3/h6-10H2,1-5H3. The zero-order valence-corrected chi connectivity index (χ0v) is 11.0. The SMILES string of the molecule is CCc1c(CC)c(CC)n(CC)c1CC. The fourth-order valence-electron chi connectivity index (χ4n) is 2.86. The van der Waals surface area contributed by atoms with Crippen LogP contribution in [-0.4, -0.2) is 4.57 Å². The fourth-order valence-corrected chi connectivity index (χ4v) is 2.86. The lowest BCUT2D eigenvalue weighted by Gasteiger charge is -2.09. The van der Waals surface area contributed by atoms with Gasteiger partial charge in [0.05, 0.1) is 0 Å². The van der Waals surface area contributed by atoms with Gasteiger partial charge < -0.3 is 4.57 Å². The molecule has 0 radical (unpaired) electrons. The summed E-state index contributed by atoms with van der Waals surface area (Å²) >= 11 is 0. The molecule has 1 heterocycles. The number of nitrogens with zero attached hydrogens (tertiary/aromatic N) is 1. The maximum Gasteiger partial charge on any atom is 0.0209 e. The van der Waals surface area contributed by atoms with Gasteiger partial charge in [-0.25, -0.2) is 0 Å². The van der Waals surface area contributed by atoms with E-state index in [4.69, 9.17) is 0 Å². The first-order chi connectivity index (χ1) is 7.24. The monoisotopic (exact) mass is 207 g/mol. The average Bonchev–Trinajstić information content (AvgIpc) is 2.59. The predicted molar refractivity (Wildman–Crippen MR) is 67.6 cm³/mol. The van der Waals surface area contributed by atoms with E-state index in [-0.39, 0.29) is 0 Å². The van der Waals surface area contributed by atoms with Gasteiger partial charge in [0.1, 0.15) is 0 Å². The maximum absolute atomic E-state index is 2.54. The molecule has 0 N–H and O–H groups in total. The molecule has 1 aromatic heterocycles. The first-order valence-electron chi connectivity index (χ1n) is 6.46. The van der Waals surface area contributed by atoms with E-state index in [9.17, 15) is 0 Å². The van der Waals surface area contributed by atoms with Gasteiger partial charge in [-0.1, -0.05) is 27.7 Å². The van der Waals surface area contributed by atoms with Crippen molar-refractivity contribution in [2.75, 3.05) is 0 Å². The third-order valence-electron chi connectivity index (χ3n) is 3.41. The van der Waals surface area contributed by atoms with Crippen molar-refractivity contribution in [2.24, 2.45) is 0 Å². The van der Waals surface area contributed by atoms with Gasteiger partial charge in [-0.15, -0.1) is 0 Å². The number of rotatable bonds is 5. The molecule has 0 spiro atoms. The Hall–Kier alpha value is -0.720. The van der Waals surface area contributed by atoms with Gasteiger partial charge in [0.2, 0.25) is 0 Å². The lowest BCUT2D eigenvalue weighted by molar-refractivity contribution is 0.676. The molecule has 0 aliphatic rings. The second-order valence-corrected chi connectivity index (χ2v) is 4.01.